The van der Waals surface area contributed by atoms with E-state index in [0.29, 0.717) is 19.3 Å². The van der Waals surface area contributed by atoms with Gasteiger partial charge in [-0.2, -0.15) is 0 Å². The first-order valence-corrected chi connectivity index (χ1v) is 4.10. The third kappa shape index (κ3) is 11.4. The number of rotatable bonds is 7. The molecule has 5 heteroatoms. The van der Waals surface area contributed by atoms with Crippen LogP contribution in [0.5, 0.6) is 0 Å². The Bertz CT molecular complexity index is 141. The monoisotopic (exact) mass is 209 g/mol. The van der Waals surface area contributed by atoms with Gasteiger partial charge in [-0.1, -0.05) is 6.42 Å². The van der Waals surface area contributed by atoms with Gasteiger partial charge in [0.05, 0.1) is 0 Å². The molecular weight excluding hydrogens is 194 g/mol. The molecule has 2 N–H and O–H groups in total. The quantitative estimate of drug-likeness (QED) is 0.380. The van der Waals surface area contributed by atoms with Crippen molar-refractivity contribution in [2.45, 2.75) is 25.7 Å². The van der Waals surface area contributed by atoms with Gasteiger partial charge in [0.1, 0.15) is 6.61 Å². The Balaban J connectivity index is 0. The van der Waals surface area contributed by atoms with E-state index in [2.05, 4.69) is 4.74 Å². The van der Waals surface area contributed by atoms with Crippen LogP contribution in [0.1, 0.15) is 25.7 Å². The lowest BCUT2D eigenvalue weighted by Crippen LogP contribution is -2.06. The molecule has 0 fully saturated rings. The van der Waals surface area contributed by atoms with Crippen LogP contribution in [0.4, 0.5) is 0 Å². The fourth-order valence-corrected chi connectivity index (χ4v) is 0.790. The van der Waals surface area contributed by atoms with Crippen LogP contribution in [0.2, 0.25) is 0 Å². The number of halogens is 1. The van der Waals surface area contributed by atoms with Gasteiger partial charge in [-0.15, -0.1) is 12.4 Å². The van der Waals surface area contributed by atoms with Crippen LogP contribution in [-0.2, 0) is 14.3 Å². The first kappa shape index (κ1) is 14.9. The van der Waals surface area contributed by atoms with Gasteiger partial charge in [-0.3, -0.25) is 9.59 Å². The number of carbonyl (C=O) groups excluding carboxylic acids is 2. The maximum atomic E-state index is 10.8. The Morgan fingerprint density at radius 3 is 2.54 bits per heavy atom. The number of esters is 1. The maximum absolute atomic E-state index is 10.8. The molecule has 0 spiro atoms. The summed E-state index contributed by atoms with van der Waals surface area (Å²) in [5, 5.41) is 0. The summed E-state index contributed by atoms with van der Waals surface area (Å²) in [6.07, 6.45) is 3.61. The van der Waals surface area contributed by atoms with Crippen molar-refractivity contribution in [2.75, 3.05) is 13.2 Å². The Hall–Kier alpha value is -0.610. The van der Waals surface area contributed by atoms with E-state index in [0.717, 1.165) is 19.3 Å². The smallest absolute Gasteiger partial charge is 0.306 e. The minimum Gasteiger partial charge on any atom is -0.458 e. The van der Waals surface area contributed by atoms with Crippen molar-refractivity contribution in [2.24, 2.45) is 5.73 Å². The molecule has 0 bridgehead atoms. The lowest BCUT2D eigenvalue weighted by molar-refractivity contribution is -0.145. The van der Waals surface area contributed by atoms with Crippen LogP contribution in [0.3, 0.4) is 0 Å². The molecule has 0 radical (unpaired) electrons. The summed E-state index contributed by atoms with van der Waals surface area (Å²) in [4.78, 5) is 20.5. The highest BCUT2D eigenvalue weighted by molar-refractivity contribution is 5.85. The molecule has 0 aliphatic heterocycles. The molecule has 0 aromatic rings. The zero-order valence-electron chi connectivity index (χ0n) is 7.53. The summed E-state index contributed by atoms with van der Waals surface area (Å²) in [5.74, 6) is -0.306. The zero-order valence-corrected chi connectivity index (χ0v) is 8.35. The Morgan fingerprint density at radius 1 is 1.31 bits per heavy atom. The van der Waals surface area contributed by atoms with Gasteiger partial charge in [0.2, 0.25) is 0 Å². The average Bonchev–Trinajstić information content (AvgIpc) is 2.09. The first-order valence-electron chi connectivity index (χ1n) is 4.10. The minimum atomic E-state index is -0.306. The van der Waals surface area contributed by atoms with Crippen LogP contribution in [0, 0.1) is 0 Å². The summed E-state index contributed by atoms with van der Waals surface area (Å²) in [6, 6.07) is 0. The van der Waals surface area contributed by atoms with Crippen molar-refractivity contribution >= 4 is 24.7 Å². The second kappa shape index (κ2) is 11.4. The van der Waals surface area contributed by atoms with Gasteiger partial charge in [0.15, 0.2) is 6.29 Å². The van der Waals surface area contributed by atoms with E-state index >= 15 is 0 Å². The van der Waals surface area contributed by atoms with Crippen molar-refractivity contribution in [3.63, 3.8) is 0 Å². The van der Waals surface area contributed by atoms with Crippen molar-refractivity contribution < 1.29 is 14.3 Å². The number of carbonyl (C=O) groups is 2. The topological polar surface area (TPSA) is 69.4 Å². The highest BCUT2D eigenvalue weighted by Gasteiger charge is 2.00. The van der Waals surface area contributed by atoms with Gasteiger partial charge in [0, 0.05) is 6.42 Å². The number of hydrogen-bond acceptors (Lipinski definition) is 4. The molecule has 13 heavy (non-hydrogen) atoms. The third-order valence-electron chi connectivity index (χ3n) is 1.40. The maximum Gasteiger partial charge on any atom is 0.306 e. The van der Waals surface area contributed by atoms with Crippen molar-refractivity contribution in [1.82, 2.24) is 0 Å². The Labute approximate surface area is 84.2 Å². The molecule has 0 unspecified atom stereocenters. The molecule has 0 atom stereocenters. The Kier molecular flexibility index (Phi) is 13.0. The molecule has 78 valence electrons. The molecule has 0 aromatic carbocycles. The third-order valence-corrected chi connectivity index (χ3v) is 1.40. The number of aldehydes is 1. The molecule has 0 saturated heterocycles. The zero-order chi connectivity index (χ0) is 9.23. The van der Waals surface area contributed by atoms with Crippen molar-refractivity contribution in [1.29, 1.82) is 0 Å². The molecular formula is C8H16ClNO3. The van der Waals surface area contributed by atoms with Gasteiger partial charge >= 0.3 is 5.97 Å². The predicted octanol–water partition coefficient (Wildman–Crippen LogP) is 0.669. The van der Waals surface area contributed by atoms with E-state index in [-0.39, 0.29) is 25.0 Å². The van der Waals surface area contributed by atoms with Gasteiger partial charge < -0.3 is 10.5 Å². The van der Waals surface area contributed by atoms with E-state index in [4.69, 9.17) is 5.73 Å². The average molecular weight is 210 g/mol. The minimum absolute atomic E-state index is 0. The molecule has 0 rings (SSSR count). The standard InChI is InChI=1S/C8H15NO3.ClH/c9-5-3-1-2-4-8(11)12-7-6-10;/h6H,1-5,7,9H2;1H. The van der Waals surface area contributed by atoms with E-state index in [9.17, 15) is 9.59 Å². The van der Waals surface area contributed by atoms with Gasteiger partial charge in [-0.25, -0.2) is 0 Å². The molecule has 0 aromatic heterocycles. The summed E-state index contributed by atoms with van der Waals surface area (Å²) >= 11 is 0. The van der Waals surface area contributed by atoms with Crippen LogP contribution >= 0.6 is 12.4 Å². The van der Waals surface area contributed by atoms with Crippen LogP contribution in [0.15, 0.2) is 0 Å². The fourth-order valence-electron chi connectivity index (χ4n) is 0.790. The summed E-state index contributed by atoms with van der Waals surface area (Å²) < 4.78 is 4.53. The molecule has 0 heterocycles. The second-order valence-electron chi connectivity index (χ2n) is 2.45. The normalized spacial score (nSPS) is 8.69. The van der Waals surface area contributed by atoms with Crippen LogP contribution in [0.25, 0.3) is 0 Å². The highest BCUT2D eigenvalue weighted by Crippen LogP contribution is 1.99. The number of nitrogens with two attached hydrogens (primary N) is 1. The summed E-state index contributed by atoms with van der Waals surface area (Å²) in [6.45, 7) is 0.527. The molecule has 4 nitrogen and oxygen atoms in total. The SMILES string of the molecule is Cl.NCCCCCC(=O)OCC=O. The lowest BCUT2D eigenvalue weighted by Gasteiger charge is -1.99. The fraction of sp³-hybridized carbons (Fsp3) is 0.750. The number of unbranched alkanes of at least 4 members (excludes halogenated alkanes) is 2. The molecule has 0 saturated carbocycles. The first-order chi connectivity index (χ1) is 5.81. The molecule has 0 aliphatic rings. The molecule has 0 amide bonds. The van der Waals surface area contributed by atoms with Gasteiger partial charge in [0.25, 0.3) is 0 Å². The second-order valence-corrected chi connectivity index (χ2v) is 2.45. The summed E-state index contributed by atoms with van der Waals surface area (Å²) in [5.41, 5.74) is 5.26. The van der Waals surface area contributed by atoms with E-state index in [1.807, 2.05) is 0 Å². The predicted molar refractivity (Wildman–Crippen MR) is 51.8 cm³/mol. The van der Waals surface area contributed by atoms with Gasteiger partial charge in [-0.05, 0) is 19.4 Å². The lowest BCUT2D eigenvalue weighted by atomic mass is 10.2. The Morgan fingerprint density at radius 2 is 2.00 bits per heavy atom. The molecule has 0 aliphatic carbocycles. The van der Waals surface area contributed by atoms with E-state index < -0.39 is 0 Å². The van der Waals surface area contributed by atoms with Crippen molar-refractivity contribution in [3.05, 3.63) is 0 Å². The summed E-state index contributed by atoms with van der Waals surface area (Å²) in [7, 11) is 0. The number of hydrogen-bond donors (Lipinski definition) is 1. The largest absolute Gasteiger partial charge is 0.458 e. The van der Waals surface area contributed by atoms with Crippen LogP contribution in [-0.4, -0.2) is 25.4 Å². The van der Waals surface area contributed by atoms with E-state index in [1.54, 1.807) is 0 Å². The number of ether oxygens (including phenoxy) is 1. The van der Waals surface area contributed by atoms with Crippen molar-refractivity contribution in [3.8, 4) is 0 Å². The highest BCUT2D eigenvalue weighted by atomic mass is 35.5. The van der Waals surface area contributed by atoms with E-state index in [1.165, 1.54) is 0 Å². The van der Waals surface area contributed by atoms with Crippen LogP contribution < -0.4 is 5.73 Å².